The third-order valence-corrected chi connectivity index (χ3v) is 5.44. The lowest BCUT2D eigenvalue weighted by Gasteiger charge is -2.26. The molecule has 5 nitrogen and oxygen atoms in total. The summed E-state index contributed by atoms with van der Waals surface area (Å²) in [4.78, 5) is 2.54. The fourth-order valence-electron chi connectivity index (χ4n) is 3.88. The topological polar surface area (TPSA) is 46.9 Å². The van der Waals surface area contributed by atoms with Crippen LogP contribution in [0, 0.1) is 0 Å². The fraction of sp³-hybridized carbons (Fsp3) is 0.417. The van der Waals surface area contributed by atoms with Gasteiger partial charge in [-0.2, -0.15) is 0 Å². The second-order valence-electron chi connectivity index (χ2n) is 7.57. The Bertz CT molecular complexity index is 893. The molecule has 0 atom stereocenters. The maximum atomic E-state index is 5.99. The van der Waals surface area contributed by atoms with E-state index in [1.54, 1.807) is 7.11 Å². The van der Waals surface area contributed by atoms with Gasteiger partial charge in [0.05, 0.1) is 25.9 Å². The quantitative estimate of drug-likeness (QED) is 0.383. The lowest BCUT2D eigenvalue weighted by Crippen LogP contribution is -2.31. The number of para-hydroxylation sites is 1. The number of nitrogens with one attached hydrogen (secondary N) is 1. The van der Waals surface area contributed by atoms with Gasteiger partial charge in [0.15, 0.2) is 0 Å². The second kappa shape index (κ2) is 12.7. The van der Waals surface area contributed by atoms with Gasteiger partial charge in [-0.1, -0.05) is 24.6 Å². The van der Waals surface area contributed by atoms with Crippen LogP contribution in [0.5, 0.6) is 11.5 Å². The first-order valence-corrected chi connectivity index (χ1v) is 10.6. The van der Waals surface area contributed by atoms with E-state index >= 15 is 0 Å². The van der Waals surface area contributed by atoms with E-state index < -0.39 is 0 Å². The molecule has 0 amide bonds. The summed E-state index contributed by atoms with van der Waals surface area (Å²) < 4.78 is 17.4. The summed E-state index contributed by atoms with van der Waals surface area (Å²) in [5.74, 6) is 2.54. The summed E-state index contributed by atoms with van der Waals surface area (Å²) in [6.07, 6.45) is 5.09. The van der Waals surface area contributed by atoms with Crippen molar-refractivity contribution < 1.29 is 13.9 Å². The van der Waals surface area contributed by atoms with Crippen molar-refractivity contribution in [3.8, 4) is 11.5 Å². The highest BCUT2D eigenvalue weighted by molar-refractivity contribution is 5.85. The smallest absolute Gasteiger partial charge is 0.142 e. The molecule has 0 aliphatic carbocycles. The zero-order valence-corrected chi connectivity index (χ0v) is 19.6. The number of piperidine rings is 1. The Morgan fingerprint density at radius 2 is 1.81 bits per heavy atom. The second-order valence-corrected chi connectivity index (χ2v) is 7.57. The van der Waals surface area contributed by atoms with Gasteiger partial charge in [-0.25, -0.2) is 0 Å². The minimum absolute atomic E-state index is 0. The van der Waals surface area contributed by atoms with E-state index in [9.17, 15) is 0 Å². The fourth-order valence-corrected chi connectivity index (χ4v) is 3.88. The largest absolute Gasteiger partial charge is 0.495 e. The van der Waals surface area contributed by atoms with E-state index in [1.807, 2.05) is 36.4 Å². The van der Waals surface area contributed by atoms with Crippen LogP contribution in [-0.4, -0.2) is 38.3 Å². The maximum absolute atomic E-state index is 5.99. The summed E-state index contributed by atoms with van der Waals surface area (Å²) in [6.45, 7) is 4.90. The number of rotatable bonds is 9. The number of nitrogens with zero attached hydrogens (tertiary/aromatic N) is 1. The van der Waals surface area contributed by atoms with Crippen LogP contribution in [0.2, 0.25) is 0 Å². The molecule has 7 heteroatoms. The van der Waals surface area contributed by atoms with Gasteiger partial charge in [-0.15, -0.1) is 24.8 Å². The molecule has 31 heavy (non-hydrogen) atoms. The van der Waals surface area contributed by atoms with Crippen LogP contribution in [0.3, 0.4) is 0 Å². The van der Waals surface area contributed by atoms with Gasteiger partial charge in [0.2, 0.25) is 0 Å². The molecule has 1 aromatic heterocycles. The van der Waals surface area contributed by atoms with Gasteiger partial charge in [-0.3, -0.25) is 0 Å². The number of fused-ring (bicyclic) bond motifs is 1. The molecule has 0 unspecified atom stereocenters. The molecule has 1 saturated heterocycles. The number of ether oxygens (including phenoxy) is 2. The summed E-state index contributed by atoms with van der Waals surface area (Å²) in [7, 11) is 1.68. The van der Waals surface area contributed by atoms with Crippen LogP contribution >= 0.6 is 24.8 Å². The van der Waals surface area contributed by atoms with Gasteiger partial charge in [0.1, 0.15) is 22.8 Å². The molecule has 0 radical (unpaired) electrons. The molecule has 4 rings (SSSR count). The highest BCUT2D eigenvalue weighted by Gasteiger charge is 2.10. The number of halogens is 2. The first-order chi connectivity index (χ1) is 14.3. The highest BCUT2D eigenvalue weighted by Crippen LogP contribution is 2.30. The van der Waals surface area contributed by atoms with E-state index in [2.05, 4.69) is 22.3 Å². The molecular formula is C24H32Cl2N2O3. The van der Waals surface area contributed by atoms with Crippen LogP contribution in [0.1, 0.15) is 31.4 Å². The average molecular weight is 467 g/mol. The third-order valence-electron chi connectivity index (χ3n) is 5.44. The van der Waals surface area contributed by atoms with Crippen molar-refractivity contribution in [2.24, 2.45) is 0 Å². The Balaban J connectivity index is 0.00000171. The van der Waals surface area contributed by atoms with Crippen molar-refractivity contribution in [1.29, 1.82) is 0 Å². The number of hydrogen-bond donors (Lipinski definition) is 1. The number of anilines is 1. The van der Waals surface area contributed by atoms with Crippen molar-refractivity contribution in [2.45, 2.75) is 32.2 Å². The number of hydrogen-bond acceptors (Lipinski definition) is 5. The van der Waals surface area contributed by atoms with Crippen LogP contribution in [0.25, 0.3) is 11.0 Å². The first-order valence-electron chi connectivity index (χ1n) is 10.6. The number of methoxy groups -OCH3 is 1. The van der Waals surface area contributed by atoms with Gasteiger partial charge in [-0.05, 0) is 56.6 Å². The lowest BCUT2D eigenvalue weighted by atomic mass is 10.1. The predicted molar refractivity (Wildman–Crippen MR) is 131 cm³/mol. The zero-order chi connectivity index (χ0) is 19.9. The molecule has 0 spiro atoms. The van der Waals surface area contributed by atoms with Crippen LogP contribution < -0.4 is 14.8 Å². The SMILES string of the molecule is COc1ccc(OCCCN2CCCCC2)cc1NCc1cc2ccccc2o1.Cl.Cl. The van der Waals surface area contributed by atoms with E-state index in [0.29, 0.717) is 6.54 Å². The van der Waals surface area contributed by atoms with Crippen LogP contribution in [0.4, 0.5) is 5.69 Å². The maximum Gasteiger partial charge on any atom is 0.142 e. The Morgan fingerprint density at radius 1 is 1.00 bits per heavy atom. The molecule has 1 N–H and O–H groups in total. The van der Waals surface area contributed by atoms with Gasteiger partial charge in [0.25, 0.3) is 0 Å². The van der Waals surface area contributed by atoms with E-state index in [1.165, 1.54) is 32.4 Å². The Hall–Kier alpha value is -2.08. The number of furan rings is 1. The van der Waals surface area contributed by atoms with Gasteiger partial charge in [0, 0.05) is 18.0 Å². The molecule has 0 bridgehead atoms. The molecule has 2 aromatic carbocycles. The molecule has 3 aromatic rings. The molecule has 0 saturated carbocycles. The molecular weight excluding hydrogens is 435 g/mol. The van der Waals surface area contributed by atoms with E-state index in [-0.39, 0.29) is 24.8 Å². The standard InChI is InChI=1S/C24H30N2O3.2ClH/c1-27-24-11-10-20(28-15-7-14-26-12-5-2-6-13-26)17-22(24)25-18-21-16-19-8-3-4-9-23(19)29-21;;/h3-4,8-11,16-17,25H,2,5-7,12-15,18H2,1H3;2*1H. The van der Waals surface area contributed by atoms with Crippen molar-refractivity contribution in [2.75, 3.05) is 38.7 Å². The summed E-state index contributed by atoms with van der Waals surface area (Å²) in [5.41, 5.74) is 1.81. The minimum Gasteiger partial charge on any atom is -0.495 e. The number of likely N-dealkylation sites (tertiary alicyclic amines) is 1. The van der Waals surface area contributed by atoms with Crippen molar-refractivity contribution >= 4 is 41.5 Å². The van der Waals surface area contributed by atoms with Crippen LogP contribution in [0.15, 0.2) is 52.9 Å². The van der Waals surface area contributed by atoms with Crippen LogP contribution in [-0.2, 0) is 6.54 Å². The first kappa shape index (κ1) is 25.2. The Kier molecular flexibility index (Phi) is 10.3. The lowest BCUT2D eigenvalue weighted by molar-refractivity contribution is 0.205. The third kappa shape index (κ3) is 6.96. The Morgan fingerprint density at radius 3 is 2.58 bits per heavy atom. The van der Waals surface area contributed by atoms with Crippen molar-refractivity contribution in [1.82, 2.24) is 4.90 Å². The van der Waals surface area contributed by atoms with Gasteiger partial charge < -0.3 is 24.1 Å². The predicted octanol–water partition coefficient (Wildman–Crippen LogP) is 6.15. The molecule has 1 fully saturated rings. The molecule has 170 valence electrons. The van der Waals surface area contributed by atoms with Gasteiger partial charge >= 0.3 is 0 Å². The molecule has 2 heterocycles. The normalized spacial score (nSPS) is 13.8. The van der Waals surface area contributed by atoms with E-state index in [4.69, 9.17) is 13.9 Å². The zero-order valence-electron chi connectivity index (χ0n) is 18.0. The van der Waals surface area contributed by atoms with Crippen molar-refractivity contribution in [3.05, 3.63) is 54.3 Å². The minimum atomic E-state index is 0. The summed E-state index contributed by atoms with van der Waals surface area (Å²) in [5, 5.41) is 4.53. The van der Waals surface area contributed by atoms with E-state index in [0.717, 1.165) is 53.5 Å². The highest BCUT2D eigenvalue weighted by atomic mass is 35.5. The Labute approximate surface area is 196 Å². The number of benzene rings is 2. The summed E-state index contributed by atoms with van der Waals surface area (Å²) in [6, 6.07) is 16.0. The molecule has 1 aliphatic heterocycles. The van der Waals surface area contributed by atoms with Crippen molar-refractivity contribution in [3.63, 3.8) is 0 Å². The molecule has 1 aliphatic rings. The summed E-state index contributed by atoms with van der Waals surface area (Å²) >= 11 is 0. The average Bonchev–Trinajstić information content (AvgIpc) is 3.19. The monoisotopic (exact) mass is 466 g/mol.